The molecule has 4 nitrogen and oxygen atoms in total. The van der Waals surface area contributed by atoms with Crippen LogP contribution in [-0.4, -0.2) is 21.6 Å². The summed E-state index contributed by atoms with van der Waals surface area (Å²) < 4.78 is 5.30. The van der Waals surface area contributed by atoms with Crippen molar-refractivity contribution in [2.45, 2.75) is 20.5 Å². The van der Waals surface area contributed by atoms with Crippen molar-refractivity contribution in [2.75, 3.05) is 6.61 Å². The Morgan fingerprint density at radius 3 is 2.89 bits per heavy atom. The number of aromatic nitrogens is 3. The molecule has 0 aromatic carbocycles. The van der Waals surface area contributed by atoms with Gasteiger partial charge in [0, 0.05) is 30.6 Å². The van der Waals surface area contributed by atoms with Gasteiger partial charge >= 0.3 is 0 Å². The molecule has 2 aromatic rings. The summed E-state index contributed by atoms with van der Waals surface area (Å²) >= 11 is 6.00. The van der Waals surface area contributed by atoms with E-state index in [1.54, 1.807) is 18.5 Å². The lowest BCUT2D eigenvalue weighted by Crippen LogP contribution is -2.01. The van der Waals surface area contributed by atoms with E-state index < -0.39 is 0 Å². The normalized spacial score (nSPS) is 10.6. The third kappa shape index (κ3) is 3.03. The summed E-state index contributed by atoms with van der Waals surface area (Å²) in [6.07, 6.45) is 3.53. The van der Waals surface area contributed by atoms with Crippen LogP contribution in [0.3, 0.4) is 0 Å². The summed E-state index contributed by atoms with van der Waals surface area (Å²) in [5, 5.41) is 0.415. The smallest absolute Gasteiger partial charge is 0.156 e. The molecular formula is C13H14ClN3O. The standard InChI is InChI=1S/C13H14ClN3O/c1-3-18-8-13-16-11(6-12(14)17-13)10-7-15-5-4-9(10)2/h4-7H,3,8H2,1-2H3. The molecule has 5 heteroatoms. The van der Waals surface area contributed by atoms with E-state index in [2.05, 4.69) is 15.0 Å². The number of ether oxygens (including phenoxy) is 1. The molecule has 0 amide bonds. The van der Waals surface area contributed by atoms with Crippen LogP contribution in [0.2, 0.25) is 5.15 Å². The van der Waals surface area contributed by atoms with E-state index in [1.165, 1.54) is 0 Å². The Labute approximate surface area is 111 Å². The Bertz CT molecular complexity index is 546. The summed E-state index contributed by atoms with van der Waals surface area (Å²) in [4.78, 5) is 12.7. The first kappa shape index (κ1) is 12.9. The molecule has 0 unspecified atom stereocenters. The average molecular weight is 264 g/mol. The molecule has 0 aliphatic heterocycles. The van der Waals surface area contributed by atoms with E-state index in [0.717, 1.165) is 16.8 Å². The predicted molar refractivity (Wildman–Crippen MR) is 70.3 cm³/mol. The minimum atomic E-state index is 0.364. The van der Waals surface area contributed by atoms with Gasteiger partial charge in [-0.3, -0.25) is 4.98 Å². The van der Waals surface area contributed by atoms with Crippen LogP contribution in [0.15, 0.2) is 24.5 Å². The quantitative estimate of drug-likeness (QED) is 0.796. The summed E-state index contributed by atoms with van der Waals surface area (Å²) in [5.41, 5.74) is 2.83. The van der Waals surface area contributed by atoms with Gasteiger partial charge in [0.05, 0.1) is 5.69 Å². The van der Waals surface area contributed by atoms with Crippen molar-refractivity contribution in [2.24, 2.45) is 0 Å². The van der Waals surface area contributed by atoms with Crippen molar-refractivity contribution in [3.63, 3.8) is 0 Å². The van der Waals surface area contributed by atoms with Crippen LogP contribution >= 0.6 is 11.6 Å². The van der Waals surface area contributed by atoms with Crippen molar-refractivity contribution < 1.29 is 4.74 Å². The minimum absolute atomic E-state index is 0.364. The largest absolute Gasteiger partial charge is 0.374 e. The molecule has 0 saturated heterocycles. The SMILES string of the molecule is CCOCc1nc(Cl)cc(-c2cnccc2C)n1. The lowest BCUT2D eigenvalue weighted by atomic mass is 10.1. The lowest BCUT2D eigenvalue weighted by Gasteiger charge is -2.07. The topological polar surface area (TPSA) is 47.9 Å². The maximum absolute atomic E-state index is 6.00. The second-order valence-electron chi connectivity index (χ2n) is 3.82. The highest BCUT2D eigenvalue weighted by Crippen LogP contribution is 2.22. The number of aryl methyl sites for hydroxylation is 1. The Morgan fingerprint density at radius 1 is 1.33 bits per heavy atom. The molecule has 94 valence electrons. The average Bonchev–Trinajstić information content (AvgIpc) is 2.36. The van der Waals surface area contributed by atoms with Crippen molar-refractivity contribution in [3.05, 3.63) is 41.1 Å². The van der Waals surface area contributed by atoms with Crippen LogP contribution in [0, 0.1) is 6.92 Å². The molecule has 0 aliphatic carbocycles. The van der Waals surface area contributed by atoms with E-state index >= 15 is 0 Å². The fourth-order valence-electron chi connectivity index (χ4n) is 1.59. The molecular weight excluding hydrogens is 250 g/mol. The molecule has 2 aromatic heterocycles. The summed E-state index contributed by atoms with van der Waals surface area (Å²) in [6, 6.07) is 3.68. The number of hydrogen-bond donors (Lipinski definition) is 0. The zero-order chi connectivity index (χ0) is 13.0. The maximum atomic E-state index is 6.00. The third-order valence-corrected chi connectivity index (χ3v) is 2.69. The van der Waals surface area contributed by atoms with Crippen LogP contribution in [0.1, 0.15) is 18.3 Å². The highest BCUT2D eigenvalue weighted by atomic mass is 35.5. The Hall–Kier alpha value is -1.52. The lowest BCUT2D eigenvalue weighted by molar-refractivity contribution is 0.128. The molecule has 0 saturated carbocycles. The Balaban J connectivity index is 2.39. The second kappa shape index (κ2) is 5.89. The number of nitrogens with zero attached hydrogens (tertiary/aromatic N) is 3. The van der Waals surface area contributed by atoms with Crippen LogP contribution in [-0.2, 0) is 11.3 Å². The van der Waals surface area contributed by atoms with E-state index in [0.29, 0.717) is 24.2 Å². The highest BCUT2D eigenvalue weighted by molar-refractivity contribution is 6.29. The van der Waals surface area contributed by atoms with Gasteiger partial charge in [-0.15, -0.1) is 0 Å². The molecule has 0 fully saturated rings. The first-order chi connectivity index (χ1) is 8.70. The van der Waals surface area contributed by atoms with Crippen LogP contribution in [0.25, 0.3) is 11.3 Å². The van der Waals surface area contributed by atoms with Gasteiger partial charge in [0.1, 0.15) is 11.8 Å². The highest BCUT2D eigenvalue weighted by Gasteiger charge is 2.08. The van der Waals surface area contributed by atoms with E-state index in [1.807, 2.05) is 19.9 Å². The van der Waals surface area contributed by atoms with Gasteiger partial charge < -0.3 is 4.74 Å². The maximum Gasteiger partial charge on any atom is 0.156 e. The fourth-order valence-corrected chi connectivity index (χ4v) is 1.79. The van der Waals surface area contributed by atoms with Crippen molar-refractivity contribution in [1.29, 1.82) is 0 Å². The van der Waals surface area contributed by atoms with Crippen LogP contribution in [0.5, 0.6) is 0 Å². The van der Waals surface area contributed by atoms with Crippen LogP contribution in [0.4, 0.5) is 0 Å². The van der Waals surface area contributed by atoms with E-state index in [9.17, 15) is 0 Å². The Kier molecular flexibility index (Phi) is 4.23. The number of rotatable bonds is 4. The minimum Gasteiger partial charge on any atom is -0.374 e. The zero-order valence-corrected chi connectivity index (χ0v) is 11.1. The van der Waals surface area contributed by atoms with Crippen molar-refractivity contribution >= 4 is 11.6 Å². The molecule has 0 radical (unpaired) electrons. The fraction of sp³-hybridized carbons (Fsp3) is 0.308. The van der Waals surface area contributed by atoms with Gasteiger partial charge in [0.15, 0.2) is 5.82 Å². The molecule has 0 bridgehead atoms. The molecule has 0 aliphatic rings. The first-order valence-corrected chi connectivity index (χ1v) is 6.10. The molecule has 0 N–H and O–H groups in total. The van der Waals surface area contributed by atoms with Gasteiger partial charge in [-0.1, -0.05) is 11.6 Å². The Morgan fingerprint density at radius 2 is 2.17 bits per heavy atom. The molecule has 2 heterocycles. The molecule has 0 spiro atoms. The third-order valence-electron chi connectivity index (χ3n) is 2.49. The van der Waals surface area contributed by atoms with Gasteiger partial charge in [-0.05, 0) is 25.5 Å². The van der Waals surface area contributed by atoms with Gasteiger partial charge in [-0.2, -0.15) is 0 Å². The van der Waals surface area contributed by atoms with Crippen molar-refractivity contribution in [3.8, 4) is 11.3 Å². The molecule has 18 heavy (non-hydrogen) atoms. The zero-order valence-electron chi connectivity index (χ0n) is 10.4. The van der Waals surface area contributed by atoms with Gasteiger partial charge in [0.25, 0.3) is 0 Å². The summed E-state index contributed by atoms with van der Waals surface area (Å²) in [7, 11) is 0. The molecule has 2 rings (SSSR count). The summed E-state index contributed by atoms with van der Waals surface area (Å²) in [6.45, 7) is 4.92. The van der Waals surface area contributed by atoms with Gasteiger partial charge in [-0.25, -0.2) is 9.97 Å². The van der Waals surface area contributed by atoms with E-state index in [4.69, 9.17) is 16.3 Å². The molecule has 0 atom stereocenters. The number of hydrogen-bond acceptors (Lipinski definition) is 4. The number of halogens is 1. The van der Waals surface area contributed by atoms with Gasteiger partial charge in [0.2, 0.25) is 0 Å². The first-order valence-electron chi connectivity index (χ1n) is 5.73. The van der Waals surface area contributed by atoms with E-state index in [-0.39, 0.29) is 0 Å². The second-order valence-corrected chi connectivity index (χ2v) is 4.21. The summed E-state index contributed by atoms with van der Waals surface area (Å²) in [5.74, 6) is 0.586. The van der Waals surface area contributed by atoms with Crippen molar-refractivity contribution in [1.82, 2.24) is 15.0 Å². The predicted octanol–water partition coefficient (Wildman–Crippen LogP) is 3.04. The monoisotopic (exact) mass is 263 g/mol. The number of pyridine rings is 1. The van der Waals surface area contributed by atoms with Crippen LogP contribution < -0.4 is 0 Å².